The third-order valence-corrected chi connectivity index (χ3v) is 8.17. The number of hydrogen-bond donors (Lipinski definition) is 3. The van der Waals surface area contributed by atoms with Crippen molar-refractivity contribution < 1.29 is 8.42 Å². The number of nitrogens with one attached hydrogen (secondary N) is 1. The molecule has 0 saturated carbocycles. The van der Waals surface area contributed by atoms with Gasteiger partial charge in [-0.2, -0.15) is 5.11 Å². The van der Waals surface area contributed by atoms with E-state index in [1.807, 2.05) is 36.4 Å². The predicted molar refractivity (Wildman–Crippen MR) is 127 cm³/mol. The highest BCUT2D eigenvalue weighted by Gasteiger charge is 2.34. The van der Waals surface area contributed by atoms with E-state index in [9.17, 15) is 8.42 Å². The second-order valence-corrected chi connectivity index (χ2v) is 10.7. The standard InChI is InChI=1S/C21H23N7O2S2/c22-21-27-18-15(2-1-3-17(18)31-21)14-5-4-13(10-16(14)20-25-11-26-28-20)19(32(23,29)30)12-6-8-24-9-7-12/h1-5,10,12,19,24H,6-9,11H2,(H2,22,27)(H2,23,29,30). The predicted octanol–water partition coefficient (Wildman–Crippen LogP) is 3.04. The number of primary sulfonamides is 1. The number of anilines is 1. The molecular weight excluding hydrogens is 446 g/mol. The number of nitrogens with two attached hydrogens (primary N) is 2. The average molecular weight is 470 g/mol. The molecule has 0 amide bonds. The number of sulfonamides is 1. The highest BCUT2D eigenvalue weighted by molar-refractivity contribution is 7.89. The number of rotatable bonds is 5. The molecule has 2 aliphatic heterocycles. The Morgan fingerprint density at radius 3 is 2.62 bits per heavy atom. The lowest BCUT2D eigenvalue weighted by atomic mass is 9.88. The molecule has 1 saturated heterocycles. The molecule has 1 unspecified atom stereocenters. The number of aliphatic imine (C=N–C) groups is 1. The summed E-state index contributed by atoms with van der Waals surface area (Å²) >= 11 is 1.42. The summed E-state index contributed by atoms with van der Waals surface area (Å²) in [4.78, 5) is 8.91. The van der Waals surface area contributed by atoms with E-state index in [-0.39, 0.29) is 12.6 Å². The van der Waals surface area contributed by atoms with E-state index in [0.29, 0.717) is 22.1 Å². The Hall–Kier alpha value is -2.73. The molecule has 9 nitrogen and oxygen atoms in total. The number of fused-ring (bicyclic) bond motifs is 1. The minimum absolute atomic E-state index is 0.0566. The van der Waals surface area contributed by atoms with Crippen LogP contribution >= 0.6 is 11.3 Å². The Morgan fingerprint density at radius 1 is 1.09 bits per heavy atom. The van der Waals surface area contributed by atoms with Crippen LogP contribution in [0.25, 0.3) is 21.3 Å². The molecule has 0 aliphatic carbocycles. The van der Waals surface area contributed by atoms with Gasteiger partial charge in [0.25, 0.3) is 0 Å². The van der Waals surface area contributed by atoms with Gasteiger partial charge in [-0.25, -0.2) is 23.5 Å². The number of piperidine rings is 1. The van der Waals surface area contributed by atoms with Gasteiger partial charge in [0.05, 0.1) is 10.2 Å². The van der Waals surface area contributed by atoms with Crippen molar-refractivity contribution in [3.05, 3.63) is 47.5 Å². The zero-order valence-corrected chi connectivity index (χ0v) is 18.9. The van der Waals surface area contributed by atoms with E-state index in [1.165, 1.54) is 11.3 Å². The number of benzene rings is 2. The molecule has 2 aliphatic rings. The molecule has 5 N–H and O–H groups in total. The van der Waals surface area contributed by atoms with Gasteiger partial charge in [0.2, 0.25) is 10.0 Å². The maximum absolute atomic E-state index is 12.7. The molecule has 32 heavy (non-hydrogen) atoms. The SMILES string of the molecule is Nc1nc2c(-c3ccc(C(C4CCNCC4)S(N)(=O)=O)cc3C3=NCN=N3)cccc2s1. The van der Waals surface area contributed by atoms with Gasteiger partial charge in [-0.05, 0) is 55.1 Å². The second kappa shape index (κ2) is 8.32. The molecule has 5 rings (SSSR count). The largest absolute Gasteiger partial charge is 0.375 e. The molecule has 3 heterocycles. The van der Waals surface area contributed by atoms with Gasteiger partial charge in [-0.3, -0.25) is 0 Å². The molecule has 0 bridgehead atoms. The Balaban J connectivity index is 1.69. The van der Waals surface area contributed by atoms with Crippen LogP contribution in [0.5, 0.6) is 0 Å². The quantitative estimate of drug-likeness (QED) is 0.525. The molecule has 2 aromatic carbocycles. The van der Waals surface area contributed by atoms with Crippen LogP contribution in [0, 0.1) is 5.92 Å². The Kier molecular flexibility index (Phi) is 5.49. The summed E-state index contributed by atoms with van der Waals surface area (Å²) in [5.74, 6) is 0.416. The van der Waals surface area contributed by atoms with E-state index in [1.54, 1.807) is 0 Å². The van der Waals surface area contributed by atoms with Gasteiger partial charge < -0.3 is 11.1 Å². The Bertz CT molecular complexity index is 1340. The third-order valence-electron chi connectivity index (χ3n) is 5.95. The lowest BCUT2D eigenvalue weighted by Gasteiger charge is -2.30. The highest BCUT2D eigenvalue weighted by Crippen LogP contribution is 2.39. The lowest BCUT2D eigenvalue weighted by Crippen LogP contribution is -2.36. The van der Waals surface area contributed by atoms with Gasteiger partial charge in [-0.15, -0.1) is 5.11 Å². The van der Waals surface area contributed by atoms with Crippen molar-refractivity contribution in [1.29, 1.82) is 0 Å². The zero-order chi connectivity index (χ0) is 22.3. The summed E-state index contributed by atoms with van der Waals surface area (Å²) < 4.78 is 26.3. The first-order valence-corrected chi connectivity index (χ1v) is 12.8. The highest BCUT2D eigenvalue weighted by atomic mass is 32.2. The van der Waals surface area contributed by atoms with Gasteiger partial charge in [0.1, 0.15) is 5.25 Å². The summed E-state index contributed by atoms with van der Waals surface area (Å²) in [6, 6.07) is 11.5. The van der Waals surface area contributed by atoms with Gasteiger partial charge in [0.15, 0.2) is 17.6 Å². The average Bonchev–Trinajstić information content (AvgIpc) is 3.42. The van der Waals surface area contributed by atoms with Crippen LogP contribution in [0.1, 0.15) is 29.2 Å². The van der Waals surface area contributed by atoms with Crippen LogP contribution < -0.4 is 16.2 Å². The molecule has 166 valence electrons. The summed E-state index contributed by atoms with van der Waals surface area (Å²) in [7, 11) is -3.82. The topological polar surface area (TPSA) is 148 Å². The molecule has 3 aromatic rings. The van der Waals surface area contributed by atoms with E-state index < -0.39 is 15.3 Å². The summed E-state index contributed by atoms with van der Waals surface area (Å²) in [5, 5.41) is 16.9. The third kappa shape index (κ3) is 3.92. The number of azo groups is 1. The summed E-state index contributed by atoms with van der Waals surface area (Å²) in [5.41, 5.74) is 9.84. The number of hydrogen-bond acceptors (Lipinski definition) is 9. The van der Waals surface area contributed by atoms with Crippen molar-refractivity contribution in [2.24, 2.45) is 26.3 Å². The minimum Gasteiger partial charge on any atom is -0.375 e. The molecular formula is C21H23N7O2S2. The summed E-state index contributed by atoms with van der Waals surface area (Å²) in [6.45, 7) is 1.80. The van der Waals surface area contributed by atoms with Crippen LogP contribution in [-0.4, -0.2) is 39.0 Å². The van der Waals surface area contributed by atoms with Gasteiger partial charge >= 0.3 is 0 Å². The fourth-order valence-electron chi connectivity index (χ4n) is 4.59. The van der Waals surface area contributed by atoms with Crippen molar-refractivity contribution in [2.45, 2.75) is 18.1 Å². The van der Waals surface area contributed by atoms with Crippen LogP contribution in [0.2, 0.25) is 0 Å². The maximum Gasteiger partial charge on any atom is 0.216 e. The van der Waals surface area contributed by atoms with Crippen molar-refractivity contribution in [1.82, 2.24) is 10.3 Å². The van der Waals surface area contributed by atoms with E-state index >= 15 is 0 Å². The fourth-order valence-corrected chi connectivity index (χ4v) is 6.68. The first kappa shape index (κ1) is 21.1. The molecule has 1 aromatic heterocycles. The van der Waals surface area contributed by atoms with Crippen LogP contribution in [0.4, 0.5) is 5.13 Å². The number of nitrogen functional groups attached to an aromatic ring is 1. The van der Waals surface area contributed by atoms with E-state index in [2.05, 4.69) is 25.5 Å². The summed E-state index contributed by atoms with van der Waals surface area (Å²) in [6.07, 6.45) is 1.49. The first-order valence-electron chi connectivity index (χ1n) is 10.4. The first-order chi connectivity index (χ1) is 15.4. The molecule has 11 heteroatoms. The number of thiazole rings is 1. The second-order valence-electron chi connectivity index (χ2n) is 7.97. The van der Waals surface area contributed by atoms with E-state index in [0.717, 1.165) is 47.3 Å². The number of para-hydroxylation sites is 1. The normalized spacial score (nSPS) is 18.2. The van der Waals surface area contributed by atoms with Crippen molar-refractivity contribution in [3.63, 3.8) is 0 Å². The van der Waals surface area contributed by atoms with Crippen LogP contribution in [-0.2, 0) is 10.0 Å². The smallest absolute Gasteiger partial charge is 0.216 e. The van der Waals surface area contributed by atoms with Crippen molar-refractivity contribution in [3.8, 4) is 11.1 Å². The zero-order valence-electron chi connectivity index (χ0n) is 17.2. The number of nitrogens with zero attached hydrogens (tertiary/aromatic N) is 4. The Labute approximate surface area is 189 Å². The molecule has 1 fully saturated rings. The maximum atomic E-state index is 12.7. The van der Waals surface area contributed by atoms with Crippen molar-refractivity contribution >= 4 is 42.5 Å². The molecule has 0 spiro atoms. The number of amidine groups is 1. The van der Waals surface area contributed by atoms with E-state index in [4.69, 9.17) is 10.9 Å². The van der Waals surface area contributed by atoms with Gasteiger partial charge in [0, 0.05) is 11.1 Å². The lowest BCUT2D eigenvalue weighted by molar-refractivity contribution is 0.358. The van der Waals surface area contributed by atoms with Gasteiger partial charge in [-0.1, -0.05) is 35.6 Å². The Morgan fingerprint density at radius 2 is 1.91 bits per heavy atom. The molecule has 1 atom stereocenters. The van der Waals surface area contributed by atoms with Crippen LogP contribution in [0.3, 0.4) is 0 Å². The minimum atomic E-state index is -3.82. The molecule has 0 radical (unpaired) electrons. The fraction of sp³-hybridized carbons (Fsp3) is 0.333. The van der Waals surface area contributed by atoms with Crippen LogP contribution in [0.15, 0.2) is 51.6 Å². The monoisotopic (exact) mass is 469 g/mol. The van der Waals surface area contributed by atoms with Crippen molar-refractivity contribution in [2.75, 3.05) is 25.5 Å². The number of aromatic nitrogens is 1.